The van der Waals surface area contributed by atoms with Crippen molar-refractivity contribution in [2.75, 3.05) is 32.8 Å². The molecule has 3 unspecified atom stereocenters. The van der Waals surface area contributed by atoms with Gasteiger partial charge in [0.1, 0.15) is 0 Å². The Morgan fingerprint density at radius 3 is 2.69 bits per heavy atom. The quantitative estimate of drug-likeness (QED) is 0.771. The van der Waals surface area contributed by atoms with Crippen molar-refractivity contribution in [2.45, 2.75) is 11.5 Å². The summed E-state index contributed by atoms with van der Waals surface area (Å²) < 4.78 is 0. The van der Waals surface area contributed by atoms with Gasteiger partial charge >= 0.3 is 0 Å². The fraction of sp³-hybridized carbons (Fsp3) is 0.667. The standard InChI is InChI=1S/C12H17N3S/c13-11-9-4-14-6-12(11,7-15(5-9)8-14)10-2-1-3-16-10/h1-3,9,11H,4-8,13H2. The molecule has 1 aromatic rings. The van der Waals surface area contributed by atoms with E-state index in [0.29, 0.717) is 12.0 Å². The molecular formula is C12H17N3S. The lowest BCUT2D eigenvalue weighted by atomic mass is 9.65. The Kier molecular flexibility index (Phi) is 1.84. The van der Waals surface area contributed by atoms with Gasteiger partial charge in [-0.05, 0) is 11.4 Å². The average molecular weight is 235 g/mol. The predicted octanol–water partition coefficient (Wildman–Crippen LogP) is 0.532. The molecule has 4 aliphatic rings. The van der Waals surface area contributed by atoms with E-state index in [4.69, 9.17) is 5.73 Å². The van der Waals surface area contributed by atoms with Gasteiger partial charge in [0.05, 0.1) is 6.67 Å². The van der Waals surface area contributed by atoms with Crippen LogP contribution in [0.4, 0.5) is 0 Å². The van der Waals surface area contributed by atoms with E-state index in [0.717, 1.165) is 6.67 Å². The van der Waals surface area contributed by atoms with E-state index in [1.165, 1.54) is 31.1 Å². The van der Waals surface area contributed by atoms with E-state index in [2.05, 4.69) is 27.3 Å². The molecule has 86 valence electrons. The smallest absolute Gasteiger partial charge is 0.0507 e. The van der Waals surface area contributed by atoms with Gasteiger partial charge in [-0.3, -0.25) is 9.80 Å². The molecule has 4 aliphatic heterocycles. The molecule has 0 aliphatic carbocycles. The Labute approximate surface area is 99.8 Å². The number of nitrogens with zero attached hydrogens (tertiary/aromatic N) is 2. The van der Waals surface area contributed by atoms with E-state index in [9.17, 15) is 0 Å². The molecule has 4 heteroatoms. The number of hydrogen-bond acceptors (Lipinski definition) is 4. The number of hydrogen-bond donors (Lipinski definition) is 1. The molecule has 4 bridgehead atoms. The van der Waals surface area contributed by atoms with Gasteiger partial charge < -0.3 is 5.73 Å². The molecule has 3 atom stereocenters. The first-order chi connectivity index (χ1) is 7.78. The van der Waals surface area contributed by atoms with Crippen LogP contribution in [0.1, 0.15) is 4.88 Å². The molecule has 5 heterocycles. The first kappa shape index (κ1) is 9.59. The molecule has 5 rings (SSSR count). The van der Waals surface area contributed by atoms with E-state index in [1.54, 1.807) is 0 Å². The maximum absolute atomic E-state index is 6.55. The third-order valence-electron chi connectivity index (χ3n) is 4.55. The molecule has 0 spiro atoms. The number of rotatable bonds is 1. The molecule has 2 N–H and O–H groups in total. The van der Waals surface area contributed by atoms with Gasteiger partial charge in [0.2, 0.25) is 0 Å². The van der Waals surface area contributed by atoms with Gasteiger partial charge in [-0.25, -0.2) is 0 Å². The minimum absolute atomic E-state index is 0.230. The SMILES string of the molecule is NC1C2CN3CN(C2)CC1(c1cccs1)C3. The zero-order valence-corrected chi connectivity index (χ0v) is 10.1. The van der Waals surface area contributed by atoms with Crippen molar-refractivity contribution in [1.29, 1.82) is 0 Å². The number of thiophene rings is 1. The number of nitrogens with two attached hydrogens (primary N) is 1. The second kappa shape index (κ2) is 3.07. The summed E-state index contributed by atoms with van der Waals surface area (Å²) in [6, 6.07) is 4.80. The second-order valence-electron chi connectivity index (χ2n) is 5.58. The Hall–Kier alpha value is -0.420. The fourth-order valence-corrected chi connectivity index (χ4v) is 4.93. The van der Waals surface area contributed by atoms with Crippen LogP contribution in [0.15, 0.2) is 17.5 Å². The Balaban J connectivity index is 1.82. The van der Waals surface area contributed by atoms with Gasteiger partial charge in [0.15, 0.2) is 0 Å². The average Bonchev–Trinajstić information content (AvgIpc) is 2.78. The van der Waals surface area contributed by atoms with Crippen molar-refractivity contribution in [3.63, 3.8) is 0 Å². The lowest BCUT2D eigenvalue weighted by Gasteiger charge is -2.62. The van der Waals surface area contributed by atoms with Crippen LogP contribution in [0, 0.1) is 5.92 Å². The molecule has 3 nitrogen and oxygen atoms in total. The third kappa shape index (κ3) is 1.08. The largest absolute Gasteiger partial charge is 0.326 e. The molecule has 0 amide bonds. The summed E-state index contributed by atoms with van der Waals surface area (Å²) in [7, 11) is 0. The Morgan fingerprint density at radius 2 is 2.06 bits per heavy atom. The van der Waals surface area contributed by atoms with E-state index < -0.39 is 0 Å². The van der Waals surface area contributed by atoms with Crippen molar-refractivity contribution in [1.82, 2.24) is 9.80 Å². The summed E-state index contributed by atoms with van der Waals surface area (Å²) in [5.74, 6) is 0.679. The summed E-state index contributed by atoms with van der Waals surface area (Å²) in [6.07, 6.45) is 0. The first-order valence-electron chi connectivity index (χ1n) is 6.02. The van der Waals surface area contributed by atoms with Gasteiger partial charge in [-0.15, -0.1) is 11.3 Å². The van der Waals surface area contributed by atoms with Crippen LogP contribution in [0.2, 0.25) is 0 Å². The van der Waals surface area contributed by atoms with E-state index in [-0.39, 0.29) is 5.41 Å². The zero-order valence-electron chi connectivity index (χ0n) is 9.30. The molecule has 0 radical (unpaired) electrons. The fourth-order valence-electron chi connectivity index (χ4n) is 3.97. The number of piperidine rings is 2. The molecule has 0 aromatic carbocycles. The van der Waals surface area contributed by atoms with E-state index in [1.807, 2.05) is 11.3 Å². The summed E-state index contributed by atoms with van der Waals surface area (Å²) in [4.78, 5) is 6.67. The Morgan fingerprint density at radius 1 is 1.31 bits per heavy atom. The van der Waals surface area contributed by atoms with Crippen LogP contribution >= 0.6 is 11.3 Å². The van der Waals surface area contributed by atoms with E-state index >= 15 is 0 Å². The van der Waals surface area contributed by atoms with Crippen molar-refractivity contribution < 1.29 is 0 Å². The first-order valence-corrected chi connectivity index (χ1v) is 6.90. The van der Waals surface area contributed by atoms with Crippen LogP contribution in [-0.4, -0.2) is 48.7 Å². The minimum atomic E-state index is 0.230. The summed E-state index contributed by atoms with van der Waals surface area (Å²) in [5, 5.41) is 2.19. The second-order valence-corrected chi connectivity index (χ2v) is 6.53. The highest BCUT2D eigenvalue weighted by Crippen LogP contribution is 2.45. The minimum Gasteiger partial charge on any atom is -0.326 e. The van der Waals surface area contributed by atoms with Crippen molar-refractivity contribution in [3.8, 4) is 0 Å². The van der Waals surface area contributed by atoms with Crippen molar-refractivity contribution in [3.05, 3.63) is 22.4 Å². The highest BCUT2D eigenvalue weighted by atomic mass is 32.1. The van der Waals surface area contributed by atoms with Gasteiger partial charge in [0.25, 0.3) is 0 Å². The van der Waals surface area contributed by atoms with Crippen LogP contribution in [0.5, 0.6) is 0 Å². The highest BCUT2D eigenvalue weighted by molar-refractivity contribution is 7.10. The maximum Gasteiger partial charge on any atom is 0.0507 e. The molecule has 0 saturated carbocycles. The predicted molar refractivity (Wildman–Crippen MR) is 65.5 cm³/mol. The van der Waals surface area contributed by atoms with Gasteiger partial charge in [0, 0.05) is 48.4 Å². The summed E-state index contributed by atoms with van der Waals surface area (Å²) in [6.45, 7) is 5.93. The summed E-state index contributed by atoms with van der Waals surface area (Å²) in [5.41, 5.74) is 6.78. The van der Waals surface area contributed by atoms with Crippen molar-refractivity contribution in [2.24, 2.45) is 11.7 Å². The lowest BCUT2D eigenvalue weighted by molar-refractivity contribution is -0.0980. The van der Waals surface area contributed by atoms with Crippen LogP contribution < -0.4 is 5.73 Å². The molecular weight excluding hydrogens is 218 g/mol. The highest BCUT2D eigenvalue weighted by Gasteiger charge is 2.55. The lowest BCUT2D eigenvalue weighted by Crippen LogP contribution is -2.76. The topological polar surface area (TPSA) is 32.5 Å². The van der Waals surface area contributed by atoms with Crippen LogP contribution in [0.25, 0.3) is 0 Å². The van der Waals surface area contributed by atoms with Crippen LogP contribution in [0.3, 0.4) is 0 Å². The molecule has 4 saturated heterocycles. The molecule has 4 fully saturated rings. The molecule has 16 heavy (non-hydrogen) atoms. The van der Waals surface area contributed by atoms with Gasteiger partial charge in [-0.2, -0.15) is 0 Å². The maximum atomic E-state index is 6.55. The van der Waals surface area contributed by atoms with Gasteiger partial charge in [-0.1, -0.05) is 6.07 Å². The molecule has 1 aromatic heterocycles. The Bertz CT molecular complexity index is 388. The monoisotopic (exact) mass is 235 g/mol. The summed E-state index contributed by atoms with van der Waals surface area (Å²) >= 11 is 1.88. The van der Waals surface area contributed by atoms with Crippen LogP contribution in [-0.2, 0) is 5.41 Å². The zero-order chi connectivity index (χ0) is 10.8. The third-order valence-corrected chi connectivity index (χ3v) is 5.64. The normalized spacial score (nSPS) is 49.8. The van der Waals surface area contributed by atoms with Crippen molar-refractivity contribution >= 4 is 11.3 Å².